The third kappa shape index (κ3) is 3.08. The number of aromatic nitrogens is 2. The van der Waals surface area contributed by atoms with Crippen molar-refractivity contribution in [1.82, 2.24) is 20.6 Å². The lowest BCUT2D eigenvalue weighted by atomic mass is 9.94. The molecular formula is C16H18N4O. The van der Waals surface area contributed by atoms with E-state index in [2.05, 4.69) is 26.7 Å². The number of fused-ring (bicyclic) bond motifs is 1. The van der Waals surface area contributed by atoms with Gasteiger partial charge in [-0.3, -0.25) is 14.8 Å². The van der Waals surface area contributed by atoms with Crippen LogP contribution in [0.2, 0.25) is 0 Å². The second-order valence-electron chi connectivity index (χ2n) is 5.20. The summed E-state index contributed by atoms with van der Waals surface area (Å²) in [6.45, 7) is 3.10. The zero-order valence-electron chi connectivity index (χ0n) is 12.0. The topological polar surface area (TPSA) is 66.9 Å². The number of carbonyl (C=O) groups excluding carboxylic acids is 1. The number of hydrogen-bond donors (Lipinski definition) is 2. The summed E-state index contributed by atoms with van der Waals surface area (Å²) in [4.78, 5) is 20.8. The van der Waals surface area contributed by atoms with E-state index in [1.54, 1.807) is 12.4 Å². The largest absolute Gasteiger partial charge is 0.349 e. The first-order chi connectivity index (χ1) is 10.2. The molecule has 2 heterocycles. The Labute approximate surface area is 123 Å². The molecule has 3 rings (SSSR count). The number of aryl methyl sites for hydroxylation is 1. The third-order valence-electron chi connectivity index (χ3n) is 3.65. The van der Waals surface area contributed by atoms with Gasteiger partial charge in [0, 0.05) is 12.7 Å². The molecule has 1 amide bonds. The van der Waals surface area contributed by atoms with E-state index in [1.165, 1.54) is 5.56 Å². The highest BCUT2D eigenvalue weighted by Gasteiger charge is 2.25. The monoisotopic (exact) mass is 282 g/mol. The summed E-state index contributed by atoms with van der Waals surface area (Å²) in [6.07, 6.45) is 4.36. The highest BCUT2D eigenvalue weighted by Crippen LogP contribution is 2.22. The summed E-state index contributed by atoms with van der Waals surface area (Å²) in [5.41, 5.74) is 3.94. The fourth-order valence-corrected chi connectivity index (χ4v) is 2.53. The molecule has 0 aliphatic carbocycles. The van der Waals surface area contributed by atoms with Crippen LogP contribution in [0, 0.1) is 6.92 Å². The van der Waals surface area contributed by atoms with Crippen LogP contribution in [0.25, 0.3) is 0 Å². The summed E-state index contributed by atoms with van der Waals surface area (Å²) in [5, 5.41) is 6.20. The van der Waals surface area contributed by atoms with E-state index in [9.17, 15) is 4.79 Å². The molecule has 0 saturated heterocycles. The molecule has 2 N–H and O–H groups in total. The summed E-state index contributed by atoms with van der Waals surface area (Å²) in [6, 6.07) is 7.80. The maximum absolute atomic E-state index is 12.4. The van der Waals surface area contributed by atoms with Crippen molar-refractivity contribution in [2.75, 3.05) is 6.54 Å². The van der Waals surface area contributed by atoms with Crippen molar-refractivity contribution in [1.29, 1.82) is 0 Å². The first-order valence-electron chi connectivity index (χ1n) is 7.10. The van der Waals surface area contributed by atoms with E-state index < -0.39 is 0 Å². The molecule has 1 aromatic heterocycles. The van der Waals surface area contributed by atoms with Crippen LogP contribution in [0.4, 0.5) is 0 Å². The number of amides is 1. The van der Waals surface area contributed by atoms with Gasteiger partial charge in [-0.1, -0.05) is 24.3 Å². The van der Waals surface area contributed by atoms with Gasteiger partial charge < -0.3 is 10.6 Å². The second kappa shape index (κ2) is 6.01. The van der Waals surface area contributed by atoms with Gasteiger partial charge in [-0.25, -0.2) is 0 Å². The number of hydrogen-bond acceptors (Lipinski definition) is 4. The van der Waals surface area contributed by atoms with Crippen molar-refractivity contribution in [3.63, 3.8) is 0 Å². The van der Waals surface area contributed by atoms with Crippen LogP contribution in [0.15, 0.2) is 36.7 Å². The molecule has 5 heteroatoms. The lowest BCUT2D eigenvalue weighted by Gasteiger charge is -2.25. The molecule has 5 nitrogen and oxygen atoms in total. The Morgan fingerprint density at radius 1 is 1.33 bits per heavy atom. The lowest BCUT2D eigenvalue weighted by molar-refractivity contribution is -0.123. The van der Waals surface area contributed by atoms with E-state index in [-0.39, 0.29) is 11.9 Å². The van der Waals surface area contributed by atoms with Gasteiger partial charge in [0.2, 0.25) is 5.91 Å². The van der Waals surface area contributed by atoms with Crippen LogP contribution < -0.4 is 10.6 Å². The van der Waals surface area contributed by atoms with Crippen LogP contribution in [-0.4, -0.2) is 22.4 Å². The quantitative estimate of drug-likeness (QED) is 0.890. The maximum Gasteiger partial charge on any atom is 0.242 e. The van der Waals surface area contributed by atoms with E-state index >= 15 is 0 Å². The molecular weight excluding hydrogens is 264 g/mol. The number of nitrogens with zero attached hydrogens (tertiary/aromatic N) is 2. The van der Waals surface area contributed by atoms with Crippen LogP contribution in [0.3, 0.4) is 0 Å². The van der Waals surface area contributed by atoms with E-state index in [0.717, 1.165) is 29.9 Å². The van der Waals surface area contributed by atoms with Crippen molar-refractivity contribution in [3.05, 3.63) is 59.2 Å². The zero-order valence-corrected chi connectivity index (χ0v) is 12.0. The molecule has 0 saturated carbocycles. The molecule has 108 valence electrons. The van der Waals surface area contributed by atoms with Gasteiger partial charge in [-0.05, 0) is 24.5 Å². The fourth-order valence-electron chi connectivity index (χ4n) is 2.53. The standard InChI is InChI=1S/C16H18N4O/c1-11-8-19-13(9-18-11)10-20-16(21)15-14-5-3-2-4-12(14)6-7-17-15/h2-5,8-9,15,17H,6-7,10H2,1H3,(H,20,21). The molecule has 21 heavy (non-hydrogen) atoms. The smallest absolute Gasteiger partial charge is 0.242 e. The summed E-state index contributed by atoms with van der Waals surface area (Å²) < 4.78 is 0. The number of rotatable bonds is 3. The Kier molecular flexibility index (Phi) is 3.92. The minimum Gasteiger partial charge on any atom is -0.349 e. The molecule has 1 atom stereocenters. The average molecular weight is 282 g/mol. The van der Waals surface area contributed by atoms with Crippen LogP contribution in [-0.2, 0) is 17.8 Å². The zero-order chi connectivity index (χ0) is 14.7. The first-order valence-corrected chi connectivity index (χ1v) is 7.10. The van der Waals surface area contributed by atoms with E-state index in [0.29, 0.717) is 6.54 Å². The normalized spacial score (nSPS) is 17.1. The van der Waals surface area contributed by atoms with Gasteiger partial charge in [-0.15, -0.1) is 0 Å². The van der Waals surface area contributed by atoms with Crippen LogP contribution in [0.5, 0.6) is 0 Å². The van der Waals surface area contributed by atoms with Crippen LogP contribution in [0.1, 0.15) is 28.6 Å². The highest BCUT2D eigenvalue weighted by atomic mass is 16.2. The molecule has 1 unspecified atom stereocenters. The minimum absolute atomic E-state index is 0.0236. The molecule has 1 aromatic carbocycles. The van der Waals surface area contributed by atoms with Crippen molar-refractivity contribution < 1.29 is 4.79 Å². The Morgan fingerprint density at radius 3 is 3.00 bits per heavy atom. The SMILES string of the molecule is Cc1cnc(CNC(=O)C2NCCc3ccccc32)cn1. The van der Waals surface area contributed by atoms with Gasteiger partial charge in [0.1, 0.15) is 6.04 Å². The Hall–Kier alpha value is -2.27. The van der Waals surface area contributed by atoms with Crippen LogP contribution >= 0.6 is 0 Å². The number of carbonyl (C=O) groups is 1. The van der Waals surface area contributed by atoms with Crippen molar-refractivity contribution in [2.24, 2.45) is 0 Å². The first kappa shape index (κ1) is 13.7. The van der Waals surface area contributed by atoms with Crippen molar-refractivity contribution >= 4 is 5.91 Å². The molecule has 1 aliphatic rings. The average Bonchev–Trinajstić information content (AvgIpc) is 2.53. The third-order valence-corrected chi connectivity index (χ3v) is 3.65. The molecule has 0 fully saturated rings. The Bertz CT molecular complexity index is 639. The molecule has 2 aromatic rings. The molecule has 0 spiro atoms. The Morgan fingerprint density at radius 2 is 2.19 bits per heavy atom. The van der Waals surface area contributed by atoms with Gasteiger partial charge in [0.05, 0.1) is 24.1 Å². The minimum atomic E-state index is -0.284. The van der Waals surface area contributed by atoms with Gasteiger partial charge in [0.25, 0.3) is 0 Å². The predicted octanol–water partition coefficient (Wildman–Crippen LogP) is 1.29. The number of benzene rings is 1. The predicted molar refractivity (Wildman–Crippen MR) is 79.5 cm³/mol. The van der Waals surface area contributed by atoms with Crippen molar-refractivity contribution in [3.8, 4) is 0 Å². The maximum atomic E-state index is 12.4. The summed E-state index contributed by atoms with van der Waals surface area (Å²) in [5.74, 6) is -0.0236. The molecule has 1 aliphatic heterocycles. The van der Waals surface area contributed by atoms with Gasteiger partial charge >= 0.3 is 0 Å². The van der Waals surface area contributed by atoms with Gasteiger partial charge in [0.15, 0.2) is 0 Å². The highest BCUT2D eigenvalue weighted by molar-refractivity contribution is 5.83. The summed E-state index contributed by atoms with van der Waals surface area (Å²) in [7, 11) is 0. The molecule has 0 radical (unpaired) electrons. The Balaban J connectivity index is 1.68. The lowest BCUT2D eigenvalue weighted by Crippen LogP contribution is -2.41. The summed E-state index contributed by atoms with van der Waals surface area (Å²) >= 11 is 0. The fraction of sp³-hybridized carbons (Fsp3) is 0.312. The van der Waals surface area contributed by atoms with E-state index in [1.807, 2.05) is 25.1 Å². The van der Waals surface area contributed by atoms with Gasteiger partial charge in [-0.2, -0.15) is 0 Å². The second-order valence-corrected chi connectivity index (χ2v) is 5.20. The number of nitrogens with one attached hydrogen (secondary N) is 2. The van der Waals surface area contributed by atoms with E-state index in [4.69, 9.17) is 0 Å². The molecule has 0 bridgehead atoms. The van der Waals surface area contributed by atoms with Crippen molar-refractivity contribution in [2.45, 2.75) is 25.9 Å².